The van der Waals surface area contributed by atoms with Crippen molar-refractivity contribution in [1.29, 1.82) is 0 Å². The van der Waals surface area contributed by atoms with E-state index in [-0.39, 0.29) is 11.8 Å². The van der Waals surface area contributed by atoms with Gasteiger partial charge < -0.3 is 10.1 Å². The largest absolute Gasteiger partial charge is 0.466 e. The highest BCUT2D eigenvalue weighted by molar-refractivity contribution is 5.96. The van der Waals surface area contributed by atoms with Crippen molar-refractivity contribution in [3.05, 3.63) is 42.0 Å². The van der Waals surface area contributed by atoms with E-state index in [0.717, 1.165) is 25.7 Å². The molecule has 1 amide bonds. The molecule has 1 aromatic carbocycles. The van der Waals surface area contributed by atoms with E-state index in [4.69, 9.17) is 0 Å². The summed E-state index contributed by atoms with van der Waals surface area (Å²) in [6.45, 7) is 0. The molecule has 4 nitrogen and oxygen atoms in total. The monoisotopic (exact) mass is 285 g/mol. The van der Waals surface area contributed by atoms with Gasteiger partial charge in [-0.25, -0.2) is 4.79 Å². The molecule has 1 N–H and O–H groups in total. The van der Waals surface area contributed by atoms with Crippen LogP contribution in [0.25, 0.3) is 5.70 Å². The molecule has 0 aliphatic heterocycles. The topological polar surface area (TPSA) is 55.4 Å². The molecule has 0 atom stereocenters. The van der Waals surface area contributed by atoms with Crippen molar-refractivity contribution in [1.82, 2.24) is 5.32 Å². The van der Waals surface area contributed by atoms with E-state index in [1.807, 2.05) is 0 Å². The third-order valence-electron chi connectivity index (χ3n) is 3.67. The molecule has 2 rings (SSSR count). The van der Waals surface area contributed by atoms with Crippen LogP contribution < -0.4 is 5.32 Å². The molecule has 1 aliphatic carbocycles. The highest BCUT2D eigenvalue weighted by Gasteiger charge is 2.22. The second-order valence-corrected chi connectivity index (χ2v) is 5.13. The van der Waals surface area contributed by atoms with Crippen LogP contribution in [0.2, 0.25) is 0 Å². The van der Waals surface area contributed by atoms with Crippen molar-refractivity contribution in [2.75, 3.05) is 7.11 Å². The zero-order valence-electron chi connectivity index (χ0n) is 12.1. The van der Waals surface area contributed by atoms with E-state index >= 15 is 0 Å². The summed E-state index contributed by atoms with van der Waals surface area (Å²) in [7, 11) is 1.31. The number of amides is 1. The molecule has 1 aromatic rings. The van der Waals surface area contributed by atoms with E-state index in [1.165, 1.54) is 19.6 Å². The van der Waals surface area contributed by atoms with Crippen LogP contribution in [-0.4, -0.2) is 19.0 Å². The fraction of sp³-hybridized carbons (Fsp3) is 0.412. The molecule has 110 valence electrons. The number of carbonyl (C=O) groups is 2. The Morgan fingerprint density at radius 1 is 1.29 bits per heavy atom. The van der Waals surface area contributed by atoms with Gasteiger partial charge in [-0.1, -0.05) is 31.4 Å². The molecule has 0 bridgehead atoms. The maximum atomic E-state index is 12.3. The van der Waals surface area contributed by atoms with Crippen molar-refractivity contribution in [3.63, 3.8) is 0 Å². The first-order valence-corrected chi connectivity index (χ1v) is 7.19. The van der Waals surface area contributed by atoms with Crippen LogP contribution in [0.15, 0.2) is 24.3 Å². The fourth-order valence-corrected chi connectivity index (χ4v) is 2.48. The van der Waals surface area contributed by atoms with E-state index in [2.05, 4.69) is 22.2 Å². The lowest BCUT2D eigenvalue weighted by atomic mass is 9.88. The summed E-state index contributed by atoms with van der Waals surface area (Å²) in [5, 5.41) is 2.86. The first kappa shape index (κ1) is 15.1. The van der Waals surface area contributed by atoms with E-state index < -0.39 is 5.97 Å². The maximum absolute atomic E-state index is 12.3. The number of carbonyl (C=O) groups excluding carboxylic acids is 2. The van der Waals surface area contributed by atoms with Gasteiger partial charge in [0.05, 0.1) is 12.8 Å². The van der Waals surface area contributed by atoms with Crippen LogP contribution in [0, 0.1) is 18.1 Å². The third-order valence-corrected chi connectivity index (χ3v) is 3.67. The minimum absolute atomic E-state index is 0.0269. The number of methoxy groups -OCH3 is 1. The number of rotatable bonds is 4. The summed E-state index contributed by atoms with van der Waals surface area (Å²) in [6.07, 6.45) is 6.48. The Kier molecular flexibility index (Phi) is 5.39. The number of hydrogen-bond acceptors (Lipinski definition) is 3. The van der Waals surface area contributed by atoms with Crippen LogP contribution >= 0.6 is 0 Å². The minimum Gasteiger partial charge on any atom is -0.466 e. The lowest BCUT2D eigenvalue weighted by Gasteiger charge is -2.21. The standard InChI is InChI=1S/C17H19NO3/c1-21-16(19)12-15(13-8-4-2-5-9-13)18-17(20)14-10-6-3-7-11-14/h4,8-9,12,14H,3,6-7,10-11H2,1H3,(H,18,20). The Balaban J connectivity index is 2.14. The molecule has 1 saturated carbocycles. The second kappa shape index (κ2) is 7.49. The maximum Gasteiger partial charge on any atom is 0.332 e. The average molecular weight is 285 g/mol. The summed E-state index contributed by atoms with van der Waals surface area (Å²) in [4.78, 5) is 23.8. The van der Waals surface area contributed by atoms with Crippen molar-refractivity contribution < 1.29 is 14.3 Å². The van der Waals surface area contributed by atoms with E-state index in [0.29, 0.717) is 11.3 Å². The summed E-state index contributed by atoms with van der Waals surface area (Å²) >= 11 is 0. The molecule has 1 fully saturated rings. The molecular weight excluding hydrogens is 266 g/mol. The Labute approximate surface area is 125 Å². The quantitative estimate of drug-likeness (QED) is 0.683. The molecule has 0 unspecified atom stereocenters. The van der Waals surface area contributed by atoms with Crippen molar-refractivity contribution in [3.8, 4) is 0 Å². The lowest BCUT2D eigenvalue weighted by molar-refractivity contribution is -0.134. The number of hydrogen-bond donors (Lipinski definition) is 1. The van der Waals surface area contributed by atoms with E-state index in [9.17, 15) is 9.59 Å². The van der Waals surface area contributed by atoms with Crippen LogP contribution in [0.3, 0.4) is 0 Å². The predicted molar refractivity (Wildman–Crippen MR) is 78.8 cm³/mol. The third kappa shape index (κ3) is 4.35. The summed E-state index contributed by atoms with van der Waals surface area (Å²) in [5.74, 6) is -0.501. The minimum atomic E-state index is -0.498. The molecule has 0 aromatic heterocycles. The van der Waals surface area contributed by atoms with Crippen molar-refractivity contribution in [2.24, 2.45) is 5.92 Å². The highest BCUT2D eigenvalue weighted by atomic mass is 16.5. The van der Waals surface area contributed by atoms with Crippen molar-refractivity contribution >= 4 is 17.6 Å². The SMILES string of the molecule is COC(=O)C=C(NC(=O)C1CCCCC1)c1cc#ccc1. The molecule has 0 saturated heterocycles. The molecule has 0 spiro atoms. The smallest absolute Gasteiger partial charge is 0.332 e. The Bertz CT molecular complexity index is 516. The summed E-state index contributed by atoms with van der Waals surface area (Å²) < 4.78 is 4.64. The van der Waals surface area contributed by atoms with Gasteiger partial charge in [-0.15, -0.1) is 0 Å². The molecule has 4 heteroatoms. The van der Waals surface area contributed by atoms with Crippen LogP contribution in [-0.2, 0) is 14.3 Å². The first-order chi connectivity index (χ1) is 10.2. The molecular formula is C17H19NO3. The van der Waals surface area contributed by atoms with Gasteiger partial charge in [-0.05, 0) is 31.0 Å². The highest BCUT2D eigenvalue weighted by Crippen LogP contribution is 2.24. The van der Waals surface area contributed by atoms with Gasteiger partial charge in [-0.2, -0.15) is 0 Å². The average Bonchev–Trinajstić information content (AvgIpc) is 2.55. The zero-order chi connectivity index (χ0) is 15.1. The molecule has 0 radical (unpaired) electrons. The molecule has 21 heavy (non-hydrogen) atoms. The normalized spacial score (nSPS) is 16.0. The second-order valence-electron chi connectivity index (χ2n) is 5.13. The number of nitrogens with one attached hydrogen (secondary N) is 1. The zero-order valence-corrected chi connectivity index (χ0v) is 12.1. The van der Waals surface area contributed by atoms with Crippen LogP contribution in [0.4, 0.5) is 0 Å². The van der Waals surface area contributed by atoms with Crippen molar-refractivity contribution in [2.45, 2.75) is 32.1 Å². The molecule has 1 aliphatic rings. The Morgan fingerprint density at radius 3 is 2.67 bits per heavy atom. The first-order valence-electron chi connectivity index (χ1n) is 7.19. The van der Waals surface area contributed by atoms with Gasteiger partial charge in [-0.3, -0.25) is 4.79 Å². The van der Waals surface area contributed by atoms with E-state index in [1.54, 1.807) is 18.2 Å². The number of esters is 1. The Hall–Kier alpha value is -2.28. The Morgan fingerprint density at radius 2 is 2.05 bits per heavy atom. The van der Waals surface area contributed by atoms with Gasteiger partial charge in [0.25, 0.3) is 0 Å². The van der Waals surface area contributed by atoms with Gasteiger partial charge in [0.2, 0.25) is 5.91 Å². The van der Waals surface area contributed by atoms with Crippen LogP contribution in [0.1, 0.15) is 37.7 Å². The lowest BCUT2D eigenvalue weighted by Crippen LogP contribution is -2.31. The number of ether oxygens (including phenoxy) is 1. The predicted octanol–water partition coefficient (Wildman–Crippen LogP) is 2.50. The fourth-order valence-electron chi connectivity index (χ4n) is 2.48. The van der Waals surface area contributed by atoms with Gasteiger partial charge in [0, 0.05) is 17.6 Å². The molecule has 0 heterocycles. The van der Waals surface area contributed by atoms with Gasteiger partial charge in [0.15, 0.2) is 0 Å². The van der Waals surface area contributed by atoms with Gasteiger partial charge in [0.1, 0.15) is 0 Å². The summed E-state index contributed by atoms with van der Waals surface area (Å²) in [6, 6.07) is 10.7. The van der Waals surface area contributed by atoms with Crippen LogP contribution in [0.5, 0.6) is 0 Å². The summed E-state index contributed by atoms with van der Waals surface area (Å²) in [5.41, 5.74) is 1.16. The van der Waals surface area contributed by atoms with Gasteiger partial charge >= 0.3 is 5.97 Å².